The van der Waals surface area contributed by atoms with E-state index in [0.717, 1.165) is 0 Å². The Balaban J connectivity index is 2.84. The van der Waals surface area contributed by atoms with Crippen molar-refractivity contribution in [2.45, 2.75) is 0 Å². The van der Waals surface area contributed by atoms with E-state index >= 15 is 0 Å². The molecule has 6 nitrogen and oxygen atoms in total. The summed E-state index contributed by atoms with van der Waals surface area (Å²) < 4.78 is 0. The van der Waals surface area contributed by atoms with Gasteiger partial charge in [0.25, 0.3) is 5.91 Å². The molecule has 0 aliphatic rings. The molecule has 6 heteroatoms. The van der Waals surface area contributed by atoms with Crippen LogP contribution in [0.1, 0.15) is 16.2 Å². The number of nitrogens with two attached hydrogens (primary N) is 1. The van der Waals surface area contributed by atoms with Crippen LogP contribution in [0.4, 0.5) is 0 Å². The molecule has 1 aromatic rings. The van der Waals surface area contributed by atoms with Crippen LogP contribution >= 0.6 is 0 Å². The molecule has 15 heavy (non-hydrogen) atoms. The van der Waals surface area contributed by atoms with E-state index < -0.39 is 5.91 Å². The average Bonchev–Trinajstić information content (AvgIpc) is 2.25. The SMILES string of the molecule is [N-]=[N+]=NCC#Cc1cccc(C(N)=O)n1. The van der Waals surface area contributed by atoms with Crippen molar-refractivity contribution in [2.24, 2.45) is 10.8 Å². The van der Waals surface area contributed by atoms with E-state index in [-0.39, 0.29) is 12.2 Å². The number of azide groups is 1. The van der Waals surface area contributed by atoms with Gasteiger partial charge in [-0.2, -0.15) is 0 Å². The third kappa shape index (κ3) is 3.38. The second kappa shape index (κ2) is 5.27. The van der Waals surface area contributed by atoms with Gasteiger partial charge in [-0.05, 0) is 23.6 Å². The Morgan fingerprint density at radius 3 is 3.13 bits per heavy atom. The summed E-state index contributed by atoms with van der Waals surface area (Å²) in [5.41, 5.74) is 13.6. The molecule has 0 aromatic carbocycles. The van der Waals surface area contributed by atoms with Crippen LogP contribution in [0.25, 0.3) is 10.4 Å². The number of amides is 1. The van der Waals surface area contributed by atoms with Crippen molar-refractivity contribution in [3.8, 4) is 11.8 Å². The van der Waals surface area contributed by atoms with Gasteiger partial charge in [-0.15, -0.1) is 0 Å². The lowest BCUT2D eigenvalue weighted by atomic mass is 10.3. The van der Waals surface area contributed by atoms with E-state index in [0.29, 0.717) is 5.69 Å². The molecule has 0 atom stereocenters. The molecule has 1 rings (SSSR count). The van der Waals surface area contributed by atoms with Crippen LogP contribution < -0.4 is 5.73 Å². The minimum atomic E-state index is -0.603. The van der Waals surface area contributed by atoms with Crippen molar-refractivity contribution in [3.05, 3.63) is 40.0 Å². The van der Waals surface area contributed by atoms with Crippen LogP contribution in [0.5, 0.6) is 0 Å². The molecular weight excluding hydrogens is 194 g/mol. The van der Waals surface area contributed by atoms with Gasteiger partial charge in [0.1, 0.15) is 11.4 Å². The standard InChI is InChI=1S/C9H7N5O/c10-9(15)8-5-1-3-7(13-8)4-2-6-12-14-11/h1,3,5H,6H2,(H2,10,15). The first-order valence-corrected chi connectivity index (χ1v) is 4.00. The zero-order valence-electron chi connectivity index (χ0n) is 7.71. The summed E-state index contributed by atoms with van der Waals surface area (Å²) in [6.45, 7) is 0.0684. The molecule has 0 fully saturated rings. The van der Waals surface area contributed by atoms with Crippen LogP contribution in [-0.4, -0.2) is 17.4 Å². The zero-order chi connectivity index (χ0) is 11.1. The first-order valence-electron chi connectivity index (χ1n) is 4.00. The minimum absolute atomic E-state index is 0.0684. The van der Waals surface area contributed by atoms with Gasteiger partial charge < -0.3 is 5.73 Å². The topological polar surface area (TPSA) is 105 Å². The minimum Gasteiger partial charge on any atom is -0.364 e. The second-order valence-electron chi connectivity index (χ2n) is 2.46. The van der Waals surface area contributed by atoms with Gasteiger partial charge >= 0.3 is 0 Å². The molecule has 1 heterocycles. The number of aromatic nitrogens is 1. The number of hydrogen-bond donors (Lipinski definition) is 1. The zero-order valence-corrected chi connectivity index (χ0v) is 7.71. The molecule has 0 aliphatic carbocycles. The predicted octanol–water partition coefficient (Wildman–Crippen LogP) is 0.842. The largest absolute Gasteiger partial charge is 0.364 e. The molecule has 1 aromatic heterocycles. The van der Waals surface area contributed by atoms with E-state index in [2.05, 4.69) is 26.9 Å². The van der Waals surface area contributed by atoms with Gasteiger partial charge in [-0.3, -0.25) is 4.79 Å². The number of primary amides is 1. The van der Waals surface area contributed by atoms with E-state index in [1.165, 1.54) is 6.07 Å². The summed E-state index contributed by atoms with van der Waals surface area (Å²) in [5.74, 6) is 4.62. The molecule has 0 saturated carbocycles. The summed E-state index contributed by atoms with van der Waals surface area (Å²) in [7, 11) is 0. The van der Waals surface area contributed by atoms with Crippen LogP contribution in [0, 0.1) is 11.8 Å². The lowest BCUT2D eigenvalue weighted by Gasteiger charge is -1.93. The van der Waals surface area contributed by atoms with Crippen molar-refractivity contribution in [2.75, 3.05) is 6.54 Å². The van der Waals surface area contributed by atoms with E-state index in [1.807, 2.05) is 0 Å². The first-order chi connectivity index (χ1) is 7.24. The smallest absolute Gasteiger partial charge is 0.267 e. The van der Waals surface area contributed by atoms with Gasteiger partial charge in [0.15, 0.2) is 0 Å². The third-order valence-electron chi connectivity index (χ3n) is 1.43. The van der Waals surface area contributed by atoms with Crippen molar-refractivity contribution in [3.63, 3.8) is 0 Å². The molecule has 74 valence electrons. The van der Waals surface area contributed by atoms with Gasteiger partial charge in [-0.25, -0.2) is 4.98 Å². The highest BCUT2D eigenvalue weighted by Crippen LogP contribution is 1.96. The van der Waals surface area contributed by atoms with Gasteiger partial charge in [0.05, 0.1) is 6.54 Å². The average molecular weight is 201 g/mol. The van der Waals surface area contributed by atoms with E-state index in [1.54, 1.807) is 12.1 Å². The number of pyridine rings is 1. The Kier molecular flexibility index (Phi) is 3.71. The fourth-order valence-corrected chi connectivity index (χ4v) is 0.839. The summed E-state index contributed by atoms with van der Waals surface area (Å²) in [4.78, 5) is 17.2. The molecular formula is C9H7N5O. The Morgan fingerprint density at radius 1 is 1.67 bits per heavy atom. The molecule has 0 saturated heterocycles. The highest BCUT2D eigenvalue weighted by atomic mass is 16.1. The lowest BCUT2D eigenvalue weighted by Crippen LogP contribution is -2.13. The van der Waals surface area contributed by atoms with E-state index in [9.17, 15) is 4.79 Å². The predicted molar refractivity (Wildman–Crippen MR) is 53.6 cm³/mol. The summed E-state index contributed by atoms with van der Waals surface area (Å²) >= 11 is 0. The fraction of sp³-hybridized carbons (Fsp3) is 0.111. The van der Waals surface area contributed by atoms with Crippen molar-refractivity contribution >= 4 is 5.91 Å². The molecule has 0 unspecified atom stereocenters. The number of rotatable bonds is 2. The third-order valence-corrected chi connectivity index (χ3v) is 1.43. The van der Waals surface area contributed by atoms with Crippen LogP contribution in [-0.2, 0) is 0 Å². The second-order valence-corrected chi connectivity index (χ2v) is 2.46. The number of carbonyl (C=O) groups excluding carboxylic acids is 1. The van der Waals surface area contributed by atoms with E-state index in [4.69, 9.17) is 11.3 Å². The Morgan fingerprint density at radius 2 is 2.47 bits per heavy atom. The van der Waals surface area contributed by atoms with Crippen molar-refractivity contribution in [1.29, 1.82) is 0 Å². The number of nitrogens with zero attached hydrogens (tertiary/aromatic N) is 4. The maximum absolute atomic E-state index is 10.8. The Labute approximate surface area is 85.7 Å². The van der Waals surface area contributed by atoms with Gasteiger partial charge in [0, 0.05) is 4.91 Å². The van der Waals surface area contributed by atoms with Crippen LogP contribution in [0.3, 0.4) is 0 Å². The number of carbonyl (C=O) groups is 1. The highest BCUT2D eigenvalue weighted by molar-refractivity contribution is 5.90. The summed E-state index contributed by atoms with van der Waals surface area (Å²) in [5, 5.41) is 3.23. The first kappa shape index (κ1) is 10.6. The Bertz CT molecular complexity index is 479. The Hall–Kier alpha value is -2.51. The molecule has 0 spiro atoms. The quantitative estimate of drug-likeness (QED) is 0.331. The molecule has 0 bridgehead atoms. The summed E-state index contributed by atoms with van der Waals surface area (Å²) in [6.07, 6.45) is 0. The molecule has 0 radical (unpaired) electrons. The number of hydrogen-bond acceptors (Lipinski definition) is 3. The normalized spacial score (nSPS) is 8.27. The van der Waals surface area contributed by atoms with Crippen molar-refractivity contribution < 1.29 is 4.79 Å². The van der Waals surface area contributed by atoms with Gasteiger partial charge in [0.2, 0.25) is 0 Å². The lowest BCUT2D eigenvalue weighted by molar-refractivity contribution is 0.0995. The van der Waals surface area contributed by atoms with Crippen LogP contribution in [0.2, 0.25) is 0 Å². The maximum atomic E-state index is 10.8. The summed E-state index contributed by atoms with van der Waals surface area (Å²) in [6, 6.07) is 4.77. The maximum Gasteiger partial charge on any atom is 0.267 e. The molecule has 2 N–H and O–H groups in total. The van der Waals surface area contributed by atoms with Crippen molar-refractivity contribution in [1.82, 2.24) is 4.98 Å². The van der Waals surface area contributed by atoms with Crippen LogP contribution in [0.15, 0.2) is 23.3 Å². The fourth-order valence-electron chi connectivity index (χ4n) is 0.839. The highest BCUT2D eigenvalue weighted by Gasteiger charge is 2.00. The monoisotopic (exact) mass is 201 g/mol. The van der Waals surface area contributed by atoms with Gasteiger partial charge in [-0.1, -0.05) is 17.1 Å². The molecule has 1 amide bonds. The molecule has 0 aliphatic heterocycles.